The van der Waals surface area contributed by atoms with E-state index in [1.807, 2.05) is 4.90 Å². The zero-order chi connectivity index (χ0) is 17.4. The van der Waals surface area contributed by atoms with E-state index in [1.54, 1.807) is 18.5 Å². The number of aromatic nitrogens is 2. The highest BCUT2D eigenvalue weighted by atomic mass is 35.5. The first-order valence-electron chi connectivity index (χ1n) is 7.85. The third-order valence-corrected chi connectivity index (χ3v) is 4.73. The third kappa shape index (κ3) is 4.05. The van der Waals surface area contributed by atoms with Gasteiger partial charge >= 0.3 is 5.69 Å². The van der Waals surface area contributed by atoms with Gasteiger partial charge in [0.15, 0.2) is 0 Å². The van der Waals surface area contributed by atoms with E-state index in [0.29, 0.717) is 31.0 Å². The van der Waals surface area contributed by atoms with Crippen LogP contribution in [0.4, 0.5) is 5.69 Å². The Morgan fingerprint density at radius 1 is 1.46 bits per heavy atom. The maximum Gasteiger partial charge on any atom is 0.312 e. The number of halogens is 1. The van der Waals surface area contributed by atoms with Crippen LogP contribution < -0.4 is 5.73 Å². The third-order valence-electron chi connectivity index (χ3n) is 4.73. The van der Waals surface area contributed by atoms with E-state index in [4.69, 9.17) is 5.73 Å². The van der Waals surface area contributed by atoms with Crippen LogP contribution in [0.25, 0.3) is 0 Å². The fraction of sp³-hybridized carbons (Fsp3) is 0.733. The quantitative estimate of drug-likeness (QED) is 0.651. The summed E-state index contributed by atoms with van der Waals surface area (Å²) in [4.78, 5) is 24.8. The molecule has 24 heavy (non-hydrogen) atoms. The largest absolute Gasteiger partial charge is 0.342 e. The van der Waals surface area contributed by atoms with Gasteiger partial charge in [-0.25, -0.2) is 0 Å². The zero-order valence-electron chi connectivity index (χ0n) is 14.6. The fourth-order valence-corrected chi connectivity index (χ4v) is 3.12. The molecule has 2 N–H and O–H groups in total. The van der Waals surface area contributed by atoms with Gasteiger partial charge in [0.25, 0.3) is 0 Å². The molecule has 1 atom stereocenters. The van der Waals surface area contributed by atoms with Crippen molar-refractivity contribution >= 4 is 24.0 Å². The maximum atomic E-state index is 12.4. The number of amides is 1. The average molecular weight is 360 g/mol. The number of nitrogens with two attached hydrogens (primary N) is 1. The lowest BCUT2D eigenvalue weighted by atomic mass is 9.79. The Kier molecular flexibility index (Phi) is 6.35. The van der Waals surface area contributed by atoms with E-state index in [-0.39, 0.29) is 41.9 Å². The van der Waals surface area contributed by atoms with E-state index in [1.165, 1.54) is 0 Å². The number of piperidine rings is 1. The highest BCUT2D eigenvalue weighted by molar-refractivity contribution is 5.85. The Morgan fingerprint density at radius 3 is 2.58 bits per heavy atom. The van der Waals surface area contributed by atoms with Gasteiger partial charge < -0.3 is 10.6 Å². The van der Waals surface area contributed by atoms with Gasteiger partial charge in [-0.05, 0) is 25.7 Å². The van der Waals surface area contributed by atoms with Gasteiger partial charge in [-0.2, -0.15) is 5.10 Å². The summed E-state index contributed by atoms with van der Waals surface area (Å²) in [7, 11) is 0. The van der Waals surface area contributed by atoms with Crippen LogP contribution in [-0.2, 0) is 11.3 Å². The first-order chi connectivity index (χ1) is 10.6. The van der Waals surface area contributed by atoms with Crippen LogP contribution in [0.15, 0.2) is 0 Å². The second-order valence-electron chi connectivity index (χ2n) is 6.95. The number of rotatable bonds is 4. The summed E-state index contributed by atoms with van der Waals surface area (Å²) in [5, 5.41) is 15.2. The molecule has 2 heterocycles. The lowest BCUT2D eigenvalue weighted by molar-refractivity contribution is -0.386. The molecule has 1 amide bonds. The van der Waals surface area contributed by atoms with Crippen molar-refractivity contribution in [3.05, 3.63) is 21.5 Å². The lowest BCUT2D eigenvalue weighted by Crippen LogP contribution is -2.54. The molecule has 1 aliphatic heterocycles. The van der Waals surface area contributed by atoms with E-state index in [2.05, 4.69) is 18.9 Å². The number of hydrogen-bond donors (Lipinski definition) is 1. The first kappa shape index (κ1) is 20.4. The molecule has 0 aliphatic carbocycles. The minimum atomic E-state index is -0.426. The molecule has 0 spiro atoms. The Morgan fingerprint density at radius 2 is 2.08 bits per heavy atom. The molecule has 0 saturated carbocycles. The Bertz CT molecular complexity index is 629. The van der Waals surface area contributed by atoms with Crippen molar-refractivity contribution in [2.75, 3.05) is 13.1 Å². The maximum absolute atomic E-state index is 12.4. The van der Waals surface area contributed by atoms with Gasteiger partial charge in [0.1, 0.15) is 11.4 Å². The molecule has 9 heteroatoms. The fourth-order valence-electron chi connectivity index (χ4n) is 3.12. The number of hydrogen-bond acceptors (Lipinski definition) is 5. The molecule has 8 nitrogen and oxygen atoms in total. The van der Waals surface area contributed by atoms with Crippen molar-refractivity contribution in [1.82, 2.24) is 14.7 Å². The number of likely N-dealkylation sites (tertiary alicyclic amines) is 1. The van der Waals surface area contributed by atoms with Crippen LogP contribution >= 0.6 is 12.4 Å². The number of carbonyl (C=O) groups excluding carboxylic acids is 1. The summed E-state index contributed by atoms with van der Waals surface area (Å²) in [5.41, 5.74) is 6.90. The predicted molar refractivity (Wildman–Crippen MR) is 93.2 cm³/mol. The smallest absolute Gasteiger partial charge is 0.312 e. The Labute approximate surface area is 147 Å². The summed E-state index contributed by atoms with van der Waals surface area (Å²) in [6.45, 7) is 9.07. The highest BCUT2D eigenvalue weighted by Crippen LogP contribution is 2.28. The van der Waals surface area contributed by atoms with Crippen molar-refractivity contribution in [2.24, 2.45) is 11.1 Å². The molecule has 1 fully saturated rings. The highest BCUT2D eigenvalue weighted by Gasteiger charge is 2.35. The number of nitro groups is 1. The lowest BCUT2D eigenvalue weighted by Gasteiger charge is -2.42. The number of nitrogens with zero attached hydrogens (tertiary/aromatic N) is 4. The summed E-state index contributed by atoms with van der Waals surface area (Å²) < 4.78 is 1.55. The summed E-state index contributed by atoms with van der Waals surface area (Å²) in [6, 6.07) is 0.102. The minimum absolute atomic E-state index is 0. The molecule has 1 saturated heterocycles. The molecule has 0 bridgehead atoms. The molecule has 1 aromatic rings. The standard InChI is InChI=1S/C15H25N5O3.ClH/c1-10-14(20(22)23)11(2)19(17-10)8-6-13(21)18-7-5-12(16)15(3,4)9-18;/h12H,5-9,16H2,1-4H3;1H. The van der Waals surface area contributed by atoms with Crippen molar-refractivity contribution in [3.8, 4) is 0 Å². The molecular weight excluding hydrogens is 334 g/mol. The molecule has 1 aromatic heterocycles. The number of carbonyl (C=O) groups is 1. The predicted octanol–water partition coefficient (Wildman–Crippen LogP) is 1.81. The summed E-state index contributed by atoms with van der Waals surface area (Å²) in [5.74, 6) is 0.0418. The number of aryl methyl sites for hydroxylation is 2. The second-order valence-corrected chi connectivity index (χ2v) is 6.95. The topological polar surface area (TPSA) is 107 Å². The van der Waals surface area contributed by atoms with Crippen molar-refractivity contribution in [1.29, 1.82) is 0 Å². The van der Waals surface area contributed by atoms with Crippen molar-refractivity contribution in [2.45, 2.75) is 53.1 Å². The first-order valence-corrected chi connectivity index (χ1v) is 7.85. The molecule has 0 radical (unpaired) electrons. The second kappa shape index (κ2) is 7.48. The van der Waals surface area contributed by atoms with Crippen LogP contribution in [-0.4, -0.2) is 44.6 Å². The average Bonchev–Trinajstić information content (AvgIpc) is 2.73. The minimum Gasteiger partial charge on any atom is -0.342 e. The molecule has 0 aromatic carbocycles. The molecule has 2 rings (SSSR count). The summed E-state index contributed by atoms with van der Waals surface area (Å²) in [6.07, 6.45) is 1.08. The van der Waals surface area contributed by atoms with Crippen LogP contribution in [0.5, 0.6) is 0 Å². The molecule has 136 valence electrons. The van der Waals surface area contributed by atoms with Crippen molar-refractivity contribution in [3.63, 3.8) is 0 Å². The van der Waals surface area contributed by atoms with Crippen LogP contribution in [0.1, 0.15) is 38.1 Å². The van der Waals surface area contributed by atoms with Gasteiger partial charge in [0, 0.05) is 25.6 Å². The molecule has 1 aliphatic rings. The van der Waals surface area contributed by atoms with Crippen LogP contribution in [0.3, 0.4) is 0 Å². The Hall–Kier alpha value is -1.67. The van der Waals surface area contributed by atoms with E-state index in [0.717, 1.165) is 6.42 Å². The van der Waals surface area contributed by atoms with Gasteiger partial charge in [0.05, 0.1) is 11.5 Å². The molecule has 1 unspecified atom stereocenters. The van der Waals surface area contributed by atoms with E-state index < -0.39 is 4.92 Å². The van der Waals surface area contributed by atoms with Crippen molar-refractivity contribution < 1.29 is 9.72 Å². The Balaban J connectivity index is 0.00000288. The van der Waals surface area contributed by atoms with E-state index >= 15 is 0 Å². The SMILES string of the molecule is Cc1nn(CCC(=O)N2CCC(N)C(C)(C)C2)c(C)c1[N+](=O)[O-].Cl. The van der Waals surface area contributed by atoms with Crippen LogP contribution in [0.2, 0.25) is 0 Å². The van der Waals surface area contributed by atoms with E-state index in [9.17, 15) is 14.9 Å². The van der Waals surface area contributed by atoms with Gasteiger partial charge in [0.2, 0.25) is 5.91 Å². The van der Waals surface area contributed by atoms with Gasteiger partial charge in [-0.1, -0.05) is 13.8 Å². The van der Waals surface area contributed by atoms with Gasteiger partial charge in [-0.15, -0.1) is 12.4 Å². The normalized spacial score (nSPS) is 19.7. The summed E-state index contributed by atoms with van der Waals surface area (Å²) >= 11 is 0. The monoisotopic (exact) mass is 359 g/mol. The zero-order valence-corrected chi connectivity index (χ0v) is 15.4. The van der Waals surface area contributed by atoms with Gasteiger partial charge in [-0.3, -0.25) is 19.6 Å². The molecular formula is C15H26ClN5O3. The van der Waals surface area contributed by atoms with Crippen LogP contribution in [0, 0.1) is 29.4 Å².